The maximum Gasteiger partial charge on any atom is 0.0689 e. The van der Waals surface area contributed by atoms with Crippen LogP contribution >= 0.6 is 0 Å². The van der Waals surface area contributed by atoms with Crippen molar-refractivity contribution in [1.82, 2.24) is 5.32 Å². The van der Waals surface area contributed by atoms with Crippen LogP contribution in [-0.2, 0) is 11.2 Å². The van der Waals surface area contributed by atoms with E-state index in [2.05, 4.69) is 41.7 Å². The lowest BCUT2D eigenvalue weighted by molar-refractivity contribution is 0.149. The van der Waals surface area contributed by atoms with Crippen molar-refractivity contribution in [2.24, 2.45) is 0 Å². The molecule has 1 aromatic rings. The van der Waals surface area contributed by atoms with Crippen molar-refractivity contribution in [2.75, 3.05) is 26.3 Å². The molecule has 1 aromatic carbocycles. The minimum atomic E-state index is 0.804. The monoisotopic (exact) mass is 217 g/mol. The average Bonchev–Trinajstić information content (AvgIpc) is 2.37. The number of benzene rings is 1. The highest BCUT2D eigenvalue weighted by Crippen LogP contribution is 2.04. The smallest absolute Gasteiger partial charge is 0.0689 e. The average molecular weight is 217 g/mol. The molecule has 0 spiro atoms. The van der Waals surface area contributed by atoms with Gasteiger partial charge in [-0.2, -0.15) is 0 Å². The van der Waals surface area contributed by atoms with Crippen molar-refractivity contribution in [3.63, 3.8) is 0 Å². The highest BCUT2D eigenvalue weighted by Gasteiger charge is 2.02. The van der Waals surface area contributed by atoms with Crippen molar-refractivity contribution < 1.29 is 4.74 Å². The van der Waals surface area contributed by atoms with Crippen LogP contribution in [0.5, 0.6) is 0 Å². The van der Waals surface area contributed by atoms with Gasteiger partial charge in [0, 0.05) is 6.54 Å². The van der Waals surface area contributed by atoms with Gasteiger partial charge in [-0.1, -0.05) is 36.4 Å². The minimum Gasteiger partial charge on any atom is -0.377 e. The first-order valence-electron chi connectivity index (χ1n) is 5.95. The number of nitrogens with one attached hydrogen (secondary N) is 1. The van der Waals surface area contributed by atoms with E-state index in [1.54, 1.807) is 0 Å². The molecule has 0 unspecified atom stereocenters. The summed E-state index contributed by atoms with van der Waals surface area (Å²) in [5, 5.41) is 3.46. The molecular formula is C14H19NO. The van der Waals surface area contributed by atoms with E-state index in [9.17, 15) is 0 Å². The van der Waals surface area contributed by atoms with Crippen LogP contribution in [0.15, 0.2) is 42.0 Å². The second kappa shape index (κ2) is 6.46. The van der Waals surface area contributed by atoms with Gasteiger partial charge in [0.2, 0.25) is 0 Å². The summed E-state index contributed by atoms with van der Waals surface area (Å²) in [7, 11) is 0. The van der Waals surface area contributed by atoms with Gasteiger partial charge < -0.3 is 10.1 Å². The Hall–Kier alpha value is -1.12. The van der Waals surface area contributed by atoms with Gasteiger partial charge in [0.1, 0.15) is 0 Å². The number of hydrogen-bond acceptors (Lipinski definition) is 2. The van der Waals surface area contributed by atoms with Gasteiger partial charge in [0.25, 0.3) is 0 Å². The Morgan fingerprint density at radius 3 is 2.81 bits per heavy atom. The van der Waals surface area contributed by atoms with Gasteiger partial charge in [-0.05, 0) is 30.5 Å². The van der Waals surface area contributed by atoms with Gasteiger partial charge in [0.15, 0.2) is 0 Å². The lowest BCUT2D eigenvalue weighted by Gasteiger charge is -2.14. The van der Waals surface area contributed by atoms with Gasteiger partial charge in [0.05, 0.1) is 13.2 Å². The topological polar surface area (TPSA) is 21.3 Å². The van der Waals surface area contributed by atoms with E-state index >= 15 is 0 Å². The Morgan fingerprint density at radius 1 is 1.19 bits per heavy atom. The van der Waals surface area contributed by atoms with Crippen LogP contribution in [0.3, 0.4) is 0 Å². The van der Waals surface area contributed by atoms with Crippen molar-refractivity contribution in [2.45, 2.75) is 12.8 Å². The summed E-state index contributed by atoms with van der Waals surface area (Å²) in [5.41, 5.74) is 2.78. The van der Waals surface area contributed by atoms with Crippen LogP contribution in [0.1, 0.15) is 12.0 Å². The van der Waals surface area contributed by atoms with Crippen LogP contribution in [-0.4, -0.2) is 26.3 Å². The summed E-state index contributed by atoms with van der Waals surface area (Å²) in [6, 6.07) is 10.6. The molecule has 0 aliphatic carbocycles. The second-order valence-electron chi connectivity index (χ2n) is 4.12. The summed E-state index contributed by atoms with van der Waals surface area (Å²) in [5.74, 6) is 0. The van der Waals surface area contributed by atoms with Gasteiger partial charge >= 0.3 is 0 Å². The number of rotatable bonds is 5. The Labute approximate surface area is 97.3 Å². The van der Waals surface area contributed by atoms with Crippen molar-refractivity contribution >= 4 is 0 Å². The molecule has 0 atom stereocenters. The van der Waals surface area contributed by atoms with Crippen LogP contribution in [0.4, 0.5) is 0 Å². The van der Waals surface area contributed by atoms with Gasteiger partial charge in [-0.25, -0.2) is 0 Å². The summed E-state index contributed by atoms with van der Waals surface area (Å²) in [6.07, 6.45) is 4.45. The normalized spacial score (nSPS) is 15.9. The SMILES string of the molecule is C1=C(CNCCc2ccccc2)COCC1. The first kappa shape index (κ1) is 11.4. The predicted octanol–water partition coefficient (Wildman–Crippen LogP) is 2.17. The molecular weight excluding hydrogens is 198 g/mol. The fourth-order valence-corrected chi connectivity index (χ4v) is 1.86. The highest BCUT2D eigenvalue weighted by atomic mass is 16.5. The predicted molar refractivity (Wildman–Crippen MR) is 66.5 cm³/mol. The van der Waals surface area contributed by atoms with E-state index < -0.39 is 0 Å². The van der Waals surface area contributed by atoms with Crippen molar-refractivity contribution in [3.05, 3.63) is 47.5 Å². The van der Waals surface area contributed by atoms with Crippen molar-refractivity contribution in [3.8, 4) is 0 Å². The molecule has 1 aliphatic rings. The number of ether oxygens (including phenoxy) is 1. The molecule has 0 saturated heterocycles. The lowest BCUT2D eigenvalue weighted by atomic mass is 10.1. The third-order valence-electron chi connectivity index (χ3n) is 2.77. The second-order valence-corrected chi connectivity index (χ2v) is 4.12. The summed E-state index contributed by atoms with van der Waals surface area (Å²) in [4.78, 5) is 0. The zero-order valence-corrected chi connectivity index (χ0v) is 9.61. The molecule has 2 heteroatoms. The Balaban J connectivity index is 1.63. The van der Waals surface area contributed by atoms with Gasteiger partial charge in [-0.15, -0.1) is 0 Å². The molecule has 2 nitrogen and oxygen atoms in total. The molecule has 16 heavy (non-hydrogen) atoms. The largest absolute Gasteiger partial charge is 0.377 e. The fourth-order valence-electron chi connectivity index (χ4n) is 1.86. The first-order valence-corrected chi connectivity index (χ1v) is 5.95. The molecule has 0 bridgehead atoms. The molecule has 0 fully saturated rings. The molecule has 0 amide bonds. The van der Waals surface area contributed by atoms with E-state index in [1.807, 2.05) is 0 Å². The fraction of sp³-hybridized carbons (Fsp3) is 0.429. The summed E-state index contributed by atoms with van der Waals surface area (Å²) < 4.78 is 5.39. The molecule has 0 radical (unpaired) electrons. The molecule has 1 N–H and O–H groups in total. The van der Waals surface area contributed by atoms with E-state index in [0.29, 0.717) is 0 Å². The van der Waals surface area contributed by atoms with E-state index in [4.69, 9.17) is 4.74 Å². The molecule has 0 aromatic heterocycles. The molecule has 1 heterocycles. The maximum absolute atomic E-state index is 5.39. The summed E-state index contributed by atoms with van der Waals surface area (Å²) in [6.45, 7) is 3.68. The van der Waals surface area contributed by atoms with E-state index in [1.165, 1.54) is 11.1 Å². The third-order valence-corrected chi connectivity index (χ3v) is 2.77. The van der Waals surface area contributed by atoms with E-state index in [0.717, 1.165) is 39.1 Å². The molecule has 86 valence electrons. The Kier molecular flexibility index (Phi) is 4.59. The highest BCUT2D eigenvalue weighted by molar-refractivity contribution is 5.15. The molecule has 0 saturated carbocycles. The van der Waals surface area contributed by atoms with Gasteiger partial charge in [-0.3, -0.25) is 0 Å². The molecule has 2 rings (SSSR count). The standard InChI is InChI=1S/C14H19NO/c1-2-5-13(6-3-1)8-9-15-11-14-7-4-10-16-12-14/h1-3,5-7,15H,4,8-12H2. The lowest BCUT2D eigenvalue weighted by Crippen LogP contribution is -2.23. The number of hydrogen-bond donors (Lipinski definition) is 1. The minimum absolute atomic E-state index is 0.804. The van der Waals surface area contributed by atoms with Crippen LogP contribution in [0.2, 0.25) is 0 Å². The Morgan fingerprint density at radius 2 is 2.06 bits per heavy atom. The zero-order valence-electron chi connectivity index (χ0n) is 9.61. The van der Waals surface area contributed by atoms with Crippen molar-refractivity contribution in [1.29, 1.82) is 0 Å². The zero-order chi connectivity index (χ0) is 11.1. The third kappa shape index (κ3) is 3.80. The van der Waals surface area contributed by atoms with Crippen LogP contribution in [0, 0.1) is 0 Å². The summed E-state index contributed by atoms with van der Waals surface area (Å²) >= 11 is 0. The maximum atomic E-state index is 5.39. The quantitative estimate of drug-likeness (QED) is 0.603. The van der Waals surface area contributed by atoms with E-state index in [-0.39, 0.29) is 0 Å². The van der Waals surface area contributed by atoms with Crippen LogP contribution in [0.25, 0.3) is 0 Å². The Bertz CT molecular complexity index is 332. The van der Waals surface area contributed by atoms with Crippen LogP contribution < -0.4 is 5.32 Å². The first-order chi connectivity index (χ1) is 7.95. The molecule has 1 aliphatic heterocycles.